The van der Waals surface area contributed by atoms with Gasteiger partial charge in [0.2, 0.25) is 0 Å². The minimum Gasteiger partial charge on any atom is -0.386 e. The Morgan fingerprint density at radius 3 is 3.07 bits per heavy atom. The van der Waals surface area contributed by atoms with Crippen LogP contribution in [0.3, 0.4) is 0 Å². The van der Waals surface area contributed by atoms with Gasteiger partial charge in [0.1, 0.15) is 5.84 Å². The van der Waals surface area contributed by atoms with Gasteiger partial charge in [-0.3, -0.25) is 10.1 Å². The highest BCUT2D eigenvalue weighted by Crippen LogP contribution is 2.19. The van der Waals surface area contributed by atoms with Crippen molar-refractivity contribution in [3.8, 4) is 11.3 Å². The predicted octanol–water partition coefficient (Wildman–Crippen LogP) is 1.55. The maximum absolute atomic E-state index is 7.13. The predicted molar refractivity (Wildman–Crippen MR) is 57.5 cm³/mol. The quantitative estimate of drug-likeness (QED) is 0.591. The van der Waals surface area contributed by atoms with Gasteiger partial charge in [-0.05, 0) is 17.5 Å². The summed E-state index contributed by atoms with van der Waals surface area (Å²) in [4.78, 5) is 0. The van der Waals surface area contributed by atoms with E-state index in [9.17, 15) is 0 Å². The molecule has 0 aliphatic heterocycles. The highest BCUT2D eigenvalue weighted by molar-refractivity contribution is 7.08. The number of nitrogens with one attached hydrogen (secondary N) is 1. The van der Waals surface area contributed by atoms with Crippen molar-refractivity contribution >= 4 is 17.2 Å². The SMILES string of the molecule is N=C(N)Cn1ccc(-c2ccsc2)n1. The van der Waals surface area contributed by atoms with Crippen molar-refractivity contribution < 1.29 is 0 Å². The fourth-order valence-corrected chi connectivity index (χ4v) is 1.84. The average Bonchev–Trinajstić information content (AvgIpc) is 2.69. The zero-order valence-corrected chi connectivity index (χ0v) is 8.29. The molecule has 0 saturated carbocycles. The standard InChI is InChI=1S/C9H10N4S/c10-9(11)5-13-3-1-8(12-13)7-2-4-14-6-7/h1-4,6H,5H2,(H3,10,11). The molecule has 0 fully saturated rings. The van der Waals surface area contributed by atoms with Crippen LogP contribution in [0.1, 0.15) is 0 Å². The largest absolute Gasteiger partial charge is 0.386 e. The van der Waals surface area contributed by atoms with Gasteiger partial charge in [-0.1, -0.05) is 0 Å². The summed E-state index contributed by atoms with van der Waals surface area (Å²) in [6.07, 6.45) is 1.83. The summed E-state index contributed by atoms with van der Waals surface area (Å²) in [6, 6.07) is 3.94. The molecule has 2 aromatic heterocycles. The van der Waals surface area contributed by atoms with Gasteiger partial charge in [-0.25, -0.2) is 0 Å². The molecule has 3 N–H and O–H groups in total. The lowest BCUT2D eigenvalue weighted by molar-refractivity contribution is 0.721. The van der Waals surface area contributed by atoms with E-state index in [2.05, 4.69) is 5.10 Å². The highest BCUT2D eigenvalue weighted by Gasteiger charge is 2.02. The summed E-state index contributed by atoms with van der Waals surface area (Å²) >= 11 is 1.64. The van der Waals surface area contributed by atoms with Gasteiger partial charge >= 0.3 is 0 Å². The number of hydrogen-bond donors (Lipinski definition) is 2. The van der Waals surface area contributed by atoms with Gasteiger partial charge in [0.25, 0.3) is 0 Å². The van der Waals surface area contributed by atoms with Crippen LogP contribution in [-0.4, -0.2) is 15.6 Å². The number of aromatic nitrogens is 2. The molecule has 0 radical (unpaired) electrons. The van der Waals surface area contributed by atoms with E-state index >= 15 is 0 Å². The smallest absolute Gasteiger partial charge is 0.113 e. The van der Waals surface area contributed by atoms with Crippen molar-refractivity contribution in [1.29, 1.82) is 5.41 Å². The van der Waals surface area contributed by atoms with E-state index in [-0.39, 0.29) is 5.84 Å². The van der Waals surface area contributed by atoms with Crippen LogP contribution in [0.25, 0.3) is 11.3 Å². The van der Waals surface area contributed by atoms with Gasteiger partial charge in [-0.2, -0.15) is 16.4 Å². The Bertz CT molecular complexity index is 429. The van der Waals surface area contributed by atoms with E-state index in [4.69, 9.17) is 11.1 Å². The van der Waals surface area contributed by atoms with Gasteiger partial charge in [0.05, 0.1) is 12.2 Å². The van der Waals surface area contributed by atoms with Crippen LogP contribution in [0, 0.1) is 5.41 Å². The molecule has 0 amide bonds. The number of nitrogens with two attached hydrogens (primary N) is 1. The highest BCUT2D eigenvalue weighted by atomic mass is 32.1. The first-order valence-electron chi connectivity index (χ1n) is 4.14. The summed E-state index contributed by atoms with van der Waals surface area (Å²) in [5, 5.41) is 15.5. The maximum Gasteiger partial charge on any atom is 0.113 e. The van der Waals surface area contributed by atoms with Gasteiger partial charge < -0.3 is 5.73 Å². The fraction of sp³-hybridized carbons (Fsp3) is 0.111. The Morgan fingerprint density at radius 1 is 1.57 bits per heavy atom. The molecular weight excluding hydrogens is 196 g/mol. The first-order valence-corrected chi connectivity index (χ1v) is 5.09. The number of nitrogens with zero attached hydrogens (tertiary/aromatic N) is 2. The maximum atomic E-state index is 7.13. The molecule has 0 unspecified atom stereocenters. The molecule has 5 heteroatoms. The molecule has 2 aromatic rings. The Hall–Kier alpha value is -1.62. The third kappa shape index (κ3) is 1.82. The van der Waals surface area contributed by atoms with E-state index < -0.39 is 0 Å². The van der Waals surface area contributed by atoms with Crippen LogP contribution in [0.15, 0.2) is 29.1 Å². The molecule has 0 aliphatic rings. The lowest BCUT2D eigenvalue weighted by Crippen LogP contribution is -2.18. The molecular formula is C9H10N4S. The van der Waals surface area contributed by atoms with Crippen LogP contribution in [0.2, 0.25) is 0 Å². The Labute approximate surface area is 85.5 Å². The molecule has 0 spiro atoms. The minimum atomic E-state index is 0.116. The summed E-state index contributed by atoms with van der Waals surface area (Å²) in [5.74, 6) is 0.116. The molecule has 0 atom stereocenters. The molecule has 4 nitrogen and oxygen atoms in total. The van der Waals surface area contributed by atoms with Crippen molar-refractivity contribution in [3.63, 3.8) is 0 Å². The zero-order chi connectivity index (χ0) is 9.97. The van der Waals surface area contributed by atoms with Crippen molar-refractivity contribution in [2.75, 3.05) is 0 Å². The van der Waals surface area contributed by atoms with Crippen molar-refractivity contribution in [3.05, 3.63) is 29.1 Å². The molecule has 0 aliphatic carbocycles. The van der Waals surface area contributed by atoms with Crippen molar-refractivity contribution in [2.45, 2.75) is 6.54 Å². The molecule has 0 bridgehead atoms. The van der Waals surface area contributed by atoms with Crippen LogP contribution in [-0.2, 0) is 6.54 Å². The molecule has 2 heterocycles. The third-order valence-electron chi connectivity index (χ3n) is 1.79. The second kappa shape index (κ2) is 3.63. The molecule has 0 saturated heterocycles. The van der Waals surface area contributed by atoms with Gasteiger partial charge in [-0.15, -0.1) is 0 Å². The molecule has 2 rings (SSSR count). The lowest BCUT2D eigenvalue weighted by atomic mass is 10.2. The van der Waals surface area contributed by atoms with E-state index in [1.807, 2.05) is 29.1 Å². The molecule has 72 valence electrons. The van der Waals surface area contributed by atoms with Crippen molar-refractivity contribution in [2.24, 2.45) is 5.73 Å². The zero-order valence-electron chi connectivity index (χ0n) is 7.47. The van der Waals surface area contributed by atoms with Crippen LogP contribution in [0.4, 0.5) is 0 Å². The number of thiophene rings is 1. The van der Waals surface area contributed by atoms with Crippen LogP contribution in [0.5, 0.6) is 0 Å². The van der Waals surface area contributed by atoms with Crippen LogP contribution < -0.4 is 5.73 Å². The normalized spacial score (nSPS) is 10.3. The Morgan fingerprint density at radius 2 is 2.43 bits per heavy atom. The van der Waals surface area contributed by atoms with E-state index in [1.54, 1.807) is 16.0 Å². The third-order valence-corrected chi connectivity index (χ3v) is 2.47. The first kappa shape index (κ1) is 8.96. The van der Waals surface area contributed by atoms with Crippen LogP contribution >= 0.6 is 11.3 Å². The summed E-state index contributed by atoms with van der Waals surface area (Å²) in [5.41, 5.74) is 7.31. The molecule has 0 aromatic carbocycles. The lowest BCUT2D eigenvalue weighted by Gasteiger charge is -1.97. The van der Waals surface area contributed by atoms with E-state index in [0.717, 1.165) is 11.3 Å². The number of amidine groups is 1. The summed E-state index contributed by atoms with van der Waals surface area (Å²) < 4.78 is 1.66. The summed E-state index contributed by atoms with van der Waals surface area (Å²) in [6.45, 7) is 0.351. The number of rotatable bonds is 3. The monoisotopic (exact) mass is 206 g/mol. The summed E-state index contributed by atoms with van der Waals surface area (Å²) in [7, 11) is 0. The molecule has 14 heavy (non-hydrogen) atoms. The Balaban J connectivity index is 2.22. The second-order valence-electron chi connectivity index (χ2n) is 2.94. The van der Waals surface area contributed by atoms with Gasteiger partial charge in [0.15, 0.2) is 0 Å². The van der Waals surface area contributed by atoms with E-state index in [1.165, 1.54) is 0 Å². The van der Waals surface area contributed by atoms with Gasteiger partial charge in [0, 0.05) is 17.1 Å². The Kier molecular flexibility index (Phi) is 2.32. The second-order valence-corrected chi connectivity index (χ2v) is 3.72. The number of hydrogen-bond acceptors (Lipinski definition) is 3. The topological polar surface area (TPSA) is 67.7 Å². The minimum absolute atomic E-state index is 0.116. The van der Waals surface area contributed by atoms with E-state index in [0.29, 0.717) is 6.54 Å². The first-order chi connectivity index (χ1) is 6.75. The fourth-order valence-electron chi connectivity index (χ4n) is 1.19. The average molecular weight is 206 g/mol. The van der Waals surface area contributed by atoms with Crippen molar-refractivity contribution in [1.82, 2.24) is 9.78 Å².